The summed E-state index contributed by atoms with van der Waals surface area (Å²) in [7, 11) is 0. The summed E-state index contributed by atoms with van der Waals surface area (Å²) in [6.07, 6.45) is 0.366. The summed E-state index contributed by atoms with van der Waals surface area (Å²) in [4.78, 5) is 15.0. The second-order valence-electron chi connectivity index (χ2n) is 7.69. The summed E-state index contributed by atoms with van der Waals surface area (Å²) in [6.45, 7) is 0. The minimum atomic E-state index is -4.99. The standard InChI is InChI=1S/C17H18ClF3N2O2/c18-15-5-9-4-11(15)12(16(25,6-9)8-15)13(10-2-1-3-22-7-10)23-14(24)17(19,20)21/h1-3,7,9,11-13,25H,4-6,8H2,(H,23,24)/t9?,11?,12-,13+,15-,16+/m1/s1. The second kappa shape index (κ2) is 5.33. The van der Waals surface area contributed by atoms with Crippen LogP contribution < -0.4 is 5.32 Å². The van der Waals surface area contributed by atoms with E-state index in [1.54, 1.807) is 12.1 Å². The molecule has 2 N–H and O–H groups in total. The van der Waals surface area contributed by atoms with Gasteiger partial charge in [-0.25, -0.2) is 0 Å². The zero-order valence-electron chi connectivity index (χ0n) is 13.3. The van der Waals surface area contributed by atoms with Crippen LogP contribution in [0.2, 0.25) is 0 Å². The van der Waals surface area contributed by atoms with Crippen molar-refractivity contribution in [1.29, 1.82) is 0 Å². The Balaban J connectivity index is 1.73. The molecule has 5 rings (SSSR count). The minimum Gasteiger partial charge on any atom is -0.389 e. The zero-order valence-corrected chi connectivity index (χ0v) is 14.0. The summed E-state index contributed by atoms with van der Waals surface area (Å²) in [6, 6.07) is 2.25. The van der Waals surface area contributed by atoms with Gasteiger partial charge in [-0.1, -0.05) is 6.07 Å². The molecule has 4 saturated carbocycles. The molecular weight excluding hydrogens is 357 g/mol. The van der Waals surface area contributed by atoms with Crippen molar-refractivity contribution in [2.45, 2.75) is 48.4 Å². The number of carbonyl (C=O) groups excluding carboxylic acids is 1. The summed E-state index contributed by atoms with van der Waals surface area (Å²) in [5.41, 5.74) is -0.706. The summed E-state index contributed by atoms with van der Waals surface area (Å²) in [5.74, 6) is -2.40. The fourth-order valence-electron chi connectivity index (χ4n) is 5.53. The number of aliphatic hydroxyl groups is 1. The normalized spacial score (nSPS) is 40.3. The lowest BCUT2D eigenvalue weighted by atomic mass is 9.68. The zero-order chi connectivity index (χ0) is 18.0. The Bertz CT molecular complexity index is 701. The number of nitrogens with zero attached hydrogens (tertiary/aromatic N) is 1. The van der Waals surface area contributed by atoms with Gasteiger partial charge in [-0.05, 0) is 49.1 Å². The maximum Gasteiger partial charge on any atom is 0.471 e. The van der Waals surface area contributed by atoms with Crippen LogP contribution in [0.15, 0.2) is 24.5 Å². The SMILES string of the molecule is O=C(N[C@@H](c1cccnc1)[C@H]1C2CC3C[C@@]2(Cl)C[C@@]1(O)C3)C(F)(F)F. The predicted molar refractivity (Wildman–Crippen MR) is 83.6 cm³/mol. The first-order chi connectivity index (χ1) is 11.6. The van der Waals surface area contributed by atoms with Gasteiger partial charge in [-0.3, -0.25) is 9.78 Å². The molecule has 4 aliphatic carbocycles. The van der Waals surface area contributed by atoms with Crippen LogP contribution in [0.3, 0.4) is 0 Å². The highest BCUT2D eigenvalue weighted by atomic mass is 35.5. The molecule has 1 amide bonds. The van der Waals surface area contributed by atoms with Crippen molar-refractivity contribution in [3.05, 3.63) is 30.1 Å². The maximum absolute atomic E-state index is 12.8. The molecule has 4 fully saturated rings. The fraction of sp³-hybridized carbons (Fsp3) is 0.647. The van der Waals surface area contributed by atoms with Crippen molar-refractivity contribution in [3.63, 3.8) is 0 Å². The van der Waals surface area contributed by atoms with Crippen LogP contribution >= 0.6 is 11.6 Å². The van der Waals surface area contributed by atoms with E-state index in [-0.39, 0.29) is 5.92 Å². The molecule has 4 aliphatic rings. The van der Waals surface area contributed by atoms with E-state index >= 15 is 0 Å². The van der Waals surface area contributed by atoms with Gasteiger partial charge in [0.1, 0.15) is 0 Å². The van der Waals surface area contributed by atoms with Crippen molar-refractivity contribution in [3.8, 4) is 0 Å². The molecule has 136 valence electrons. The number of hydrogen-bond donors (Lipinski definition) is 2. The highest BCUT2D eigenvalue weighted by Gasteiger charge is 2.70. The quantitative estimate of drug-likeness (QED) is 0.800. The Morgan fingerprint density at radius 1 is 1.44 bits per heavy atom. The first-order valence-corrected chi connectivity index (χ1v) is 8.69. The topological polar surface area (TPSA) is 62.2 Å². The molecule has 2 unspecified atom stereocenters. The Morgan fingerprint density at radius 3 is 2.80 bits per heavy atom. The smallest absolute Gasteiger partial charge is 0.389 e. The van der Waals surface area contributed by atoms with Crippen LogP contribution in [-0.2, 0) is 4.79 Å². The molecule has 8 heteroatoms. The van der Waals surface area contributed by atoms with E-state index in [0.29, 0.717) is 24.3 Å². The Morgan fingerprint density at radius 2 is 2.20 bits per heavy atom. The van der Waals surface area contributed by atoms with Gasteiger partial charge in [0.05, 0.1) is 16.5 Å². The van der Waals surface area contributed by atoms with Gasteiger partial charge in [-0.2, -0.15) is 13.2 Å². The Kier molecular flexibility index (Phi) is 3.64. The highest BCUT2D eigenvalue weighted by Crippen LogP contribution is 2.69. The number of pyridine rings is 1. The molecule has 1 aromatic heterocycles. The van der Waals surface area contributed by atoms with Gasteiger partial charge < -0.3 is 10.4 Å². The van der Waals surface area contributed by atoms with Gasteiger partial charge in [0.2, 0.25) is 0 Å². The van der Waals surface area contributed by atoms with Crippen LogP contribution in [-0.4, -0.2) is 32.6 Å². The third-order valence-electron chi connectivity index (χ3n) is 6.12. The number of rotatable bonds is 3. The summed E-state index contributed by atoms with van der Waals surface area (Å²) < 4.78 is 38.5. The van der Waals surface area contributed by atoms with E-state index in [1.807, 2.05) is 0 Å². The van der Waals surface area contributed by atoms with E-state index in [4.69, 9.17) is 11.6 Å². The molecule has 1 heterocycles. The Labute approximate surface area is 147 Å². The molecule has 4 nitrogen and oxygen atoms in total. The number of halogens is 4. The maximum atomic E-state index is 12.8. The summed E-state index contributed by atoms with van der Waals surface area (Å²) >= 11 is 6.73. The predicted octanol–water partition coefficient (Wildman–Crippen LogP) is 2.96. The Hall–Kier alpha value is -1.34. The van der Waals surface area contributed by atoms with Crippen molar-refractivity contribution >= 4 is 17.5 Å². The number of amides is 1. The number of aromatic nitrogens is 1. The third-order valence-corrected chi connectivity index (χ3v) is 6.69. The second-order valence-corrected chi connectivity index (χ2v) is 8.45. The number of carbonyl (C=O) groups is 1. The number of hydrogen-bond acceptors (Lipinski definition) is 3. The molecule has 0 saturated heterocycles. The molecular formula is C17H18ClF3N2O2. The van der Waals surface area contributed by atoms with Crippen molar-refractivity contribution in [2.24, 2.45) is 17.8 Å². The van der Waals surface area contributed by atoms with E-state index in [1.165, 1.54) is 12.4 Å². The molecule has 0 aromatic carbocycles. The van der Waals surface area contributed by atoms with Gasteiger partial charge in [0, 0.05) is 18.3 Å². The minimum absolute atomic E-state index is 0.128. The van der Waals surface area contributed by atoms with Crippen LogP contribution in [0, 0.1) is 17.8 Å². The molecule has 0 radical (unpaired) electrons. The average Bonchev–Trinajstić information content (AvgIpc) is 2.83. The molecule has 1 aromatic rings. The van der Waals surface area contributed by atoms with Gasteiger partial charge >= 0.3 is 12.1 Å². The first-order valence-electron chi connectivity index (χ1n) is 8.31. The van der Waals surface area contributed by atoms with Crippen molar-refractivity contribution < 1.29 is 23.1 Å². The summed E-state index contributed by atoms with van der Waals surface area (Å²) in [5, 5.41) is 13.3. The molecule has 0 aliphatic heterocycles. The molecule has 25 heavy (non-hydrogen) atoms. The monoisotopic (exact) mass is 374 g/mol. The van der Waals surface area contributed by atoms with Crippen LogP contribution in [0.1, 0.15) is 37.3 Å². The number of nitrogens with one attached hydrogen (secondary N) is 1. The average molecular weight is 375 g/mol. The van der Waals surface area contributed by atoms with Crippen LogP contribution in [0.5, 0.6) is 0 Å². The number of alkyl halides is 4. The lowest BCUT2D eigenvalue weighted by molar-refractivity contribution is -0.176. The van der Waals surface area contributed by atoms with Crippen LogP contribution in [0.25, 0.3) is 0 Å². The van der Waals surface area contributed by atoms with E-state index in [0.717, 1.165) is 12.8 Å². The molecule has 4 bridgehead atoms. The van der Waals surface area contributed by atoms with E-state index < -0.39 is 34.5 Å². The highest BCUT2D eigenvalue weighted by molar-refractivity contribution is 6.24. The third kappa shape index (κ3) is 2.63. The van der Waals surface area contributed by atoms with Gasteiger partial charge in [0.15, 0.2) is 0 Å². The van der Waals surface area contributed by atoms with Crippen LogP contribution in [0.4, 0.5) is 13.2 Å². The first kappa shape index (κ1) is 17.1. The molecule has 6 atom stereocenters. The van der Waals surface area contributed by atoms with Crippen molar-refractivity contribution in [2.75, 3.05) is 0 Å². The van der Waals surface area contributed by atoms with E-state index in [2.05, 4.69) is 10.3 Å². The lowest BCUT2D eigenvalue weighted by Crippen LogP contribution is -2.50. The molecule has 0 spiro atoms. The fourth-order valence-corrected chi connectivity index (χ4v) is 6.20. The van der Waals surface area contributed by atoms with Crippen molar-refractivity contribution in [1.82, 2.24) is 10.3 Å². The largest absolute Gasteiger partial charge is 0.471 e. The lowest BCUT2D eigenvalue weighted by Gasteiger charge is -2.43. The van der Waals surface area contributed by atoms with E-state index in [9.17, 15) is 23.1 Å². The van der Waals surface area contributed by atoms with Gasteiger partial charge in [-0.15, -0.1) is 11.6 Å². The van der Waals surface area contributed by atoms with Gasteiger partial charge in [0.25, 0.3) is 0 Å².